The zero-order valence-corrected chi connectivity index (χ0v) is 16.4. The van der Waals surface area contributed by atoms with Crippen LogP contribution in [-0.4, -0.2) is 54.0 Å². The Morgan fingerprint density at radius 1 is 1.15 bits per heavy atom. The summed E-state index contributed by atoms with van der Waals surface area (Å²) in [5.41, 5.74) is 1.00. The number of piperidine rings is 2. The Morgan fingerprint density at radius 3 is 2.35 bits per heavy atom. The Labute approximate surface area is 156 Å². The van der Waals surface area contributed by atoms with E-state index < -0.39 is 0 Å². The van der Waals surface area contributed by atoms with Crippen molar-refractivity contribution in [3.05, 3.63) is 35.9 Å². The normalized spacial score (nSPS) is 23.2. The summed E-state index contributed by atoms with van der Waals surface area (Å²) < 4.78 is 0. The molecule has 142 valence electrons. The minimum absolute atomic E-state index is 0.0206. The first-order valence-electron chi connectivity index (χ1n) is 9.56. The maximum Gasteiger partial charge on any atom is 0.317 e. The van der Waals surface area contributed by atoms with Gasteiger partial charge in [-0.05, 0) is 51.0 Å². The van der Waals surface area contributed by atoms with Crippen LogP contribution in [0.3, 0.4) is 0 Å². The minimum Gasteiger partial charge on any atom is -0.345 e. The van der Waals surface area contributed by atoms with E-state index in [9.17, 15) is 9.59 Å². The van der Waals surface area contributed by atoms with Crippen molar-refractivity contribution in [2.75, 3.05) is 26.7 Å². The van der Waals surface area contributed by atoms with Gasteiger partial charge in [0.1, 0.15) is 0 Å². The van der Waals surface area contributed by atoms with E-state index in [0.29, 0.717) is 0 Å². The molecule has 5 heteroatoms. The molecule has 1 spiro atoms. The molecule has 1 N–H and O–H groups in total. The van der Waals surface area contributed by atoms with E-state index >= 15 is 0 Å². The molecule has 2 aliphatic rings. The highest BCUT2D eigenvalue weighted by molar-refractivity contribution is 5.84. The zero-order valence-electron chi connectivity index (χ0n) is 16.4. The maximum atomic E-state index is 12.7. The van der Waals surface area contributed by atoms with E-state index in [1.807, 2.05) is 55.8 Å². The van der Waals surface area contributed by atoms with Crippen LogP contribution < -0.4 is 5.32 Å². The molecule has 2 aliphatic heterocycles. The zero-order chi connectivity index (χ0) is 18.9. The van der Waals surface area contributed by atoms with Crippen LogP contribution in [0.2, 0.25) is 0 Å². The van der Waals surface area contributed by atoms with Crippen LogP contribution in [0.5, 0.6) is 0 Å². The number of urea groups is 1. The predicted octanol–water partition coefficient (Wildman–Crippen LogP) is 3.22. The molecule has 0 radical (unpaired) electrons. The van der Waals surface area contributed by atoms with Crippen molar-refractivity contribution in [1.82, 2.24) is 15.1 Å². The summed E-state index contributed by atoms with van der Waals surface area (Å²) >= 11 is 0. The van der Waals surface area contributed by atoms with Crippen LogP contribution in [0.15, 0.2) is 30.3 Å². The monoisotopic (exact) mass is 357 g/mol. The van der Waals surface area contributed by atoms with E-state index in [1.54, 1.807) is 0 Å². The van der Waals surface area contributed by atoms with Crippen molar-refractivity contribution in [3.8, 4) is 0 Å². The van der Waals surface area contributed by atoms with Crippen molar-refractivity contribution < 1.29 is 9.59 Å². The molecule has 2 heterocycles. The number of nitrogens with zero attached hydrogens (tertiary/aromatic N) is 2. The van der Waals surface area contributed by atoms with Crippen molar-refractivity contribution in [1.29, 1.82) is 0 Å². The van der Waals surface area contributed by atoms with Gasteiger partial charge in [-0.25, -0.2) is 4.79 Å². The second kappa shape index (κ2) is 6.93. The van der Waals surface area contributed by atoms with Gasteiger partial charge in [-0.1, -0.05) is 30.3 Å². The highest BCUT2D eigenvalue weighted by atomic mass is 16.2. The molecule has 3 amide bonds. The number of benzene rings is 1. The lowest BCUT2D eigenvalue weighted by Crippen LogP contribution is -2.56. The Hall–Kier alpha value is -2.04. The third kappa shape index (κ3) is 4.02. The SMILES string of the molecule is CN1CC2(CCN(C(=O)NC(C)(C)C)CC2)C[C@@H](c2ccccc2)C1=O. The molecule has 1 atom stereocenters. The van der Waals surface area contributed by atoms with Crippen LogP contribution in [-0.2, 0) is 4.79 Å². The maximum absolute atomic E-state index is 12.7. The molecule has 0 saturated carbocycles. The van der Waals surface area contributed by atoms with Gasteiger partial charge in [-0.15, -0.1) is 0 Å². The summed E-state index contributed by atoms with van der Waals surface area (Å²) in [4.78, 5) is 29.0. The lowest BCUT2D eigenvalue weighted by molar-refractivity contribution is -0.139. The summed E-state index contributed by atoms with van der Waals surface area (Å²) in [5, 5.41) is 3.05. The summed E-state index contributed by atoms with van der Waals surface area (Å²) in [6, 6.07) is 10.1. The fourth-order valence-corrected chi connectivity index (χ4v) is 4.32. The van der Waals surface area contributed by atoms with Gasteiger partial charge in [0.15, 0.2) is 0 Å². The summed E-state index contributed by atoms with van der Waals surface area (Å²) in [5.74, 6) is 0.152. The Balaban J connectivity index is 1.69. The van der Waals surface area contributed by atoms with Gasteiger partial charge in [0.2, 0.25) is 5.91 Å². The van der Waals surface area contributed by atoms with Gasteiger partial charge in [-0.2, -0.15) is 0 Å². The minimum atomic E-state index is -0.220. The van der Waals surface area contributed by atoms with E-state index in [1.165, 1.54) is 0 Å². The number of hydrogen-bond donors (Lipinski definition) is 1. The van der Waals surface area contributed by atoms with E-state index in [2.05, 4.69) is 17.4 Å². The van der Waals surface area contributed by atoms with Gasteiger partial charge in [0.05, 0.1) is 5.92 Å². The first-order chi connectivity index (χ1) is 12.2. The van der Waals surface area contributed by atoms with Gasteiger partial charge in [-0.3, -0.25) is 4.79 Å². The Morgan fingerprint density at radius 2 is 1.77 bits per heavy atom. The predicted molar refractivity (Wildman–Crippen MR) is 103 cm³/mol. The highest BCUT2D eigenvalue weighted by Crippen LogP contribution is 2.45. The first kappa shape index (κ1) is 18.7. The third-order valence-corrected chi connectivity index (χ3v) is 5.68. The van der Waals surface area contributed by atoms with Crippen LogP contribution in [0.1, 0.15) is 51.5 Å². The number of likely N-dealkylation sites (N-methyl/N-ethyl adjacent to an activating group) is 1. The third-order valence-electron chi connectivity index (χ3n) is 5.68. The van der Waals surface area contributed by atoms with E-state index in [0.717, 1.165) is 44.5 Å². The molecule has 1 aromatic rings. The van der Waals surface area contributed by atoms with Crippen molar-refractivity contribution in [2.45, 2.75) is 51.5 Å². The fraction of sp³-hybridized carbons (Fsp3) is 0.619. The molecular formula is C21H31N3O2. The van der Waals surface area contributed by atoms with Crippen molar-refractivity contribution in [3.63, 3.8) is 0 Å². The Kier molecular flexibility index (Phi) is 5.00. The largest absolute Gasteiger partial charge is 0.345 e. The molecule has 2 saturated heterocycles. The summed E-state index contributed by atoms with van der Waals surface area (Å²) in [7, 11) is 1.91. The lowest BCUT2D eigenvalue weighted by atomic mass is 9.68. The van der Waals surface area contributed by atoms with E-state index in [4.69, 9.17) is 0 Å². The average Bonchev–Trinajstić information content (AvgIpc) is 2.58. The standard InChI is InChI=1S/C21H31N3O2/c1-20(2,3)22-19(26)24-12-10-21(11-13-24)14-17(18(25)23(4)15-21)16-8-6-5-7-9-16/h5-9,17H,10-15H2,1-4H3,(H,22,26)/t17-/m0/s1. The number of amides is 3. The molecule has 0 unspecified atom stereocenters. The molecular weight excluding hydrogens is 326 g/mol. The van der Waals surface area contributed by atoms with Gasteiger partial charge < -0.3 is 15.1 Å². The van der Waals surface area contributed by atoms with Crippen molar-refractivity contribution >= 4 is 11.9 Å². The van der Waals surface area contributed by atoms with Gasteiger partial charge in [0, 0.05) is 32.2 Å². The lowest BCUT2D eigenvalue weighted by Gasteiger charge is -2.49. The van der Waals surface area contributed by atoms with Crippen LogP contribution in [0.4, 0.5) is 4.79 Å². The quantitative estimate of drug-likeness (QED) is 0.839. The molecule has 26 heavy (non-hydrogen) atoms. The molecule has 0 aliphatic carbocycles. The highest BCUT2D eigenvalue weighted by Gasteiger charge is 2.45. The van der Waals surface area contributed by atoms with Crippen molar-refractivity contribution in [2.24, 2.45) is 5.41 Å². The summed E-state index contributed by atoms with van der Waals surface area (Å²) in [6.45, 7) is 8.31. The van der Waals surface area contributed by atoms with Gasteiger partial charge >= 0.3 is 6.03 Å². The van der Waals surface area contributed by atoms with Gasteiger partial charge in [0.25, 0.3) is 0 Å². The number of nitrogens with one attached hydrogen (secondary N) is 1. The second-order valence-electron chi connectivity index (χ2n) is 9.03. The summed E-state index contributed by atoms with van der Waals surface area (Å²) in [6.07, 6.45) is 2.78. The molecule has 2 fully saturated rings. The first-order valence-corrected chi connectivity index (χ1v) is 9.56. The molecule has 0 aromatic heterocycles. The number of hydrogen-bond acceptors (Lipinski definition) is 2. The Bertz CT molecular complexity index is 658. The number of rotatable bonds is 1. The average molecular weight is 357 g/mol. The molecule has 1 aromatic carbocycles. The smallest absolute Gasteiger partial charge is 0.317 e. The number of carbonyl (C=O) groups excluding carboxylic acids is 2. The molecule has 0 bridgehead atoms. The van der Waals surface area contributed by atoms with Crippen LogP contribution >= 0.6 is 0 Å². The number of likely N-dealkylation sites (tertiary alicyclic amines) is 2. The molecule has 3 rings (SSSR count). The van der Waals surface area contributed by atoms with Crippen LogP contribution in [0, 0.1) is 5.41 Å². The topological polar surface area (TPSA) is 52.6 Å². The number of carbonyl (C=O) groups is 2. The fourth-order valence-electron chi connectivity index (χ4n) is 4.32. The molecule has 5 nitrogen and oxygen atoms in total. The van der Waals surface area contributed by atoms with E-state index in [-0.39, 0.29) is 28.8 Å². The second-order valence-corrected chi connectivity index (χ2v) is 9.03. The van der Waals surface area contributed by atoms with Crippen LogP contribution in [0.25, 0.3) is 0 Å².